The zero-order valence-corrected chi connectivity index (χ0v) is 10.8. The van der Waals surface area contributed by atoms with Crippen molar-refractivity contribution in [2.45, 2.75) is 19.3 Å². The monoisotopic (exact) mass is 325 g/mol. The summed E-state index contributed by atoms with van der Waals surface area (Å²) in [6.07, 6.45) is -4.47. The Kier molecular flexibility index (Phi) is 5.46. The second-order valence-corrected chi connectivity index (χ2v) is 4.16. The van der Waals surface area contributed by atoms with Gasteiger partial charge in [-0.25, -0.2) is 0 Å². The van der Waals surface area contributed by atoms with E-state index in [0.717, 1.165) is 0 Å². The summed E-state index contributed by atoms with van der Waals surface area (Å²) in [4.78, 5) is 11.2. The molecule has 1 aromatic carbocycles. The van der Waals surface area contributed by atoms with Gasteiger partial charge < -0.3 is 10.1 Å². The Balaban J connectivity index is 2.67. The van der Waals surface area contributed by atoms with Gasteiger partial charge in [0.05, 0.1) is 0 Å². The third-order valence-electron chi connectivity index (χ3n) is 2.00. The highest BCUT2D eigenvalue weighted by Gasteiger charge is 2.31. The van der Waals surface area contributed by atoms with Crippen LogP contribution in [0.3, 0.4) is 0 Å². The largest absolute Gasteiger partial charge is 0.573 e. The second-order valence-electron chi connectivity index (χ2n) is 3.37. The van der Waals surface area contributed by atoms with Crippen LogP contribution in [0.25, 0.3) is 0 Å². The molecule has 0 heterocycles. The van der Waals surface area contributed by atoms with E-state index in [1.165, 1.54) is 18.2 Å². The van der Waals surface area contributed by atoms with Gasteiger partial charge in [0.15, 0.2) is 0 Å². The molecule has 0 saturated heterocycles. The van der Waals surface area contributed by atoms with Gasteiger partial charge in [0.1, 0.15) is 5.75 Å². The molecule has 1 rings (SSSR count). The number of nitrogens with one attached hydrogen (secondary N) is 1. The van der Waals surface area contributed by atoms with E-state index in [2.05, 4.69) is 26.0 Å². The predicted octanol–water partition coefficient (Wildman–Crippen LogP) is 2.99. The zero-order chi connectivity index (χ0) is 13.6. The maximum absolute atomic E-state index is 12.1. The van der Waals surface area contributed by atoms with E-state index in [9.17, 15) is 18.0 Å². The molecule has 100 valence electrons. The molecule has 0 saturated carbocycles. The smallest absolute Gasteiger partial charge is 0.405 e. The Morgan fingerprint density at radius 3 is 2.61 bits per heavy atom. The lowest BCUT2D eigenvalue weighted by Gasteiger charge is -2.13. The fourth-order valence-corrected chi connectivity index (χ4v) is 1.60. The summed E-state index contributed by atoms with van der Waals surface area (Å²) < 4.78 is 40.2. The van der Waals surface area contributed by atoms with E-state index in [4.69, 9.17) is 0 Å². The highest BCUT2D eigenvalue weighted by molar-refractivity contribution is 9.09. The van der Waals surface area contributed by atoms with Crippen LogP contribution < -0.4 is 10.1 Å². The molecule has 0 bridgehead atoms. The maximum atomic E-state index is 12.1. The van der Waals surface area contributed by atoms with E-state index < -0.39 is 6.36 Å². The first-order valence-electron chi connectivity index (χ1n) is 5.08. The molecule has 0 aromatic heterocycles. The average molecular weight is 326 g/mol. The summed E-state index contributed by atoms with van der Waals surface area (Å²) in [5.41, 5.74) is 0.276. The van der Waals surface area contributed by atoms with Gasteiger partial charge in [-0.15, -0.1) is 13.2 Å². The van der Waals surface area contributed by atoms with Gasteiger partial charge >= 0.3 is 6.36 Å². The summed E-state index contributed by atoms with van der Waals surface area (Å²) in [5.74, 6) is -0.544. The van der Waals surface area contributed by atoms with Crippen molar-refractivity contribution in [1.82, 2.24) is 5.32 Å². The number of amides is 1. The third-order valence-corrected chi connectivity index (χ3v) is 2.39. The molecule has 0 spiro atoms. The van der Waals surface area contributed by atoms with Gasteiger partial charge in [0.25, 0.3) is 0 Å². The van der Waals surface area contributed by atoms with Crippen molar-refractivity contribution in [3.05, 3.63) is 29.8 Å². The fourth-order valence-electron chi connectivity index (χ4n) is 1.24. The van der Waals surface area contributed by atoms with Crippen molar-refractivity contribution in [2.75, 3.05) is 5.33 Å². The number of carbonyl (C=O) groups excluding carboxylic acids is 1. The summed E-state index contributed by atoms with van der Waals surface area (Å²) >= 11 is 3.10. The molecule has 1 N–H and O–H groups in total. The first-order valence-corrected chi connectivity index (χ1v) is 6.21. The number of hydrogen-bond acceptors (Lipinski definition) is 2. The van der Waals surface area contributed by atoms with Gasteiger partial charge in [0.2, 0.25) is 5.91 Å². The lowest BCUT2D eigenvalue weighted by Crippen LogP contribution is -2.24. The molecule has 0 aliphatic carbocycles. The first-order chi connectivity index (χ1) is 8.42. The fraction of sp³-hybridized carbons (Fsp3) is 0.364. The highest BCUT2D eigenvalue weighted by Crippen LogP contribution is 2.25. The summed E-state index contributed by atoms with van der Waals surface area (Å²) in [6.45, 7) is -0.00190. The van der Waals surface area contributed by atoms with E-state index >= 15 is 0 Å². The average Bonchev–Trinajstić information content (AvgIpc) is 2.26. The number of halogens is 4. The zero-order valence-electron chi connectivity index (χ0n) is 9.26. The molecule has 0 fully saturated rings. The van der Waals surface area contributed by atoms with Crippen LogP contribution in [0.4, 0.5) is 13.2 Å². The van der Waals surface area contributed by atoms with Crippen LogP contribution in [0.2, 0.25) is 0 Å². The number of carbonyl (C=O) groups is 1. The normalized spacial score (nSPS) is 11.1. The summed E-state index contributed by atoms with van der Waals surface area (Å²) in [5, 5.41) is 3.01. The lowest BCUT2D eigenvalue weighted by atomic mass is 10.2. The van der Waals surface area contributed by atoms with Crippen molar-refractivity contribution >= 4 is 21.8 Å². The number of rotatable bonds is 5. The number of benzene rings is 1. The Hall–Kier alpha value is -1.24. The third kappa shape index (κ3) is 5.39. The molecule has 3 nitrogen and oxygen atoms in total. The Morgan fingerprint density at radius 2 is 2.00 bits per heavy atom. The Morgan fingerprint density at radius 1 is 1.33 bits per heavy atom. The minimum Gasteiger partial charge on any atom is -0.405 e. The Labute approximate surface area is 110 Å². The van der Waals surface area contributed by atoms with E-state index in [-0.39, 0.29) is 30.2 Å². The van der Waals surface area contributed by atoms with Gasteiger partial charge in [-0.1, -0.05) is 34.1 Å². The van der Waals surface area contributed by atoms with E-state index in [1.54, 1.807) is 6.07 Å². The molecule has 18 heavy (non-hydrogen) atoms. The molecule has 7 heteroatoms. The lowest BCUT2D eigenvalue weighted by molar-refractivity contribution is -0.274. The number of para-hydroxylation sites is 1. The van der Waals surface area contributed by atoms with Crippen LogP contribution in [0.15, 0.2) is 24.3 Å². The molecule has 0 aliphatic rings. The van der Waals surface area contributed by atoms with Crippen molar-refractivity contribution in [3.8, 4) is 5.75 Å². The predicted molar refractivity (Wildman–Crippen MR) is 63.4 cm³/mol. The van der Waals surface area contributed by atoms with Crippen molar-refractivity contribution < 1.29 is 22.7 Å². The molecule has 0 aliphatic heterocycles. The van der Waals surface area contributed by atoms with Crippen LogP contribution >= 0.6 is 15.9 Å². The van der Waals surface area contributed by atoms with Crippen molar-refractivity contribution in [2.24, 2.45) is 0 Å². The molecule has 1 amide bonds. The maximum Gasteiger partial charge on any atom is 0.573 e. The minimum absolute atomic E-state index is 0.00190. The van der Waals surface area contributed by atoms with Crippen molar-refractivity contribution in [1.29, 1.82) is 0 Å². The summed E-state index contributed by atoms with van der Waals surface area (Å²) in [6, 6.07) is 5.69. The number of ether oxygens (including phenoxy) is 1. The van der Waals surface area contributed by atoms with Crippen LogP contribution in [-0.2, 0) is 11.3 Å². The topological polar surface area (TPSA) is 38.3 Å². The highest BCUT2D eigenvalue weighted by atomic mass is 79.9. The van der Waals surface area contributed by atoms with Crippen LogP contribution in [-0.4, -0.2) is 17.6 Å². The molecule has 0 unspecified atom stereocenters. The van der Waals surface area contributed by atoms with Gasteiger partial charge in [0, 0.05) is 23.9 Å². The van der Waals surface area contributed by atoms with Crippen LogP contribution in [0.1, 0.15) is 12.0 Å². The minimum atomic E-state index is -4.74. The van der Waals surface area contributed by atoms with Crippen molar-refractivity contribution in [3.63, 3.8) is 0 Å². The van der Waals surface area contributed by atoms with E-state index in [0.29, 0.717) is 5.33 Å². The molecular formula is C11H11BrF3NO2. The van der Waals surface area contributed by atoms with E-state index in [1.807, 2.05) is 0 Å². The molecule has 0 radical (unpaired) electrons. The summed E-state index contributed by atoms with van der Waals surface area (Å²) in [7, 11) is 0. The molecular weight excluding hydrogens is 315 g/mol. The molecule has 1 aromatic rings. The first kappa shape index (κ1) is 14.8. The van der Waals surface area contributed by atoms with Crippen LogP contribution in [0.5, 0.6) is 5.75 Å². The second kappa shape index (κ2) is 6.63. The standard InChI is InChI=1S/C11H11BrF3NO2/c12-6-5-10(17)16-7-8-3-1-2-4-9(8)18-11(13,14)15/h1-4H,5-7H2,(H,16,17). The number of hydrogen-bond donors (Lipinski definition) is 1. The Bertz CT molecular complexity index is 410. The number of alkyl halides is 4. The quantitative estimate of drug-likeness (QED) is 0.845. The van der Waals surface area contributed by atoms with Gasteiger partial charge in [-0.05, 0) is 6.07 Å². The van der Waals surface area contributed by atoms with Gasteiger partial charge in [-0.2, -0.15) is 0 Å². The molecule has 0 atom stereocenters. The van der Waals surface area contributed by atoms with Gasteiger partial charge in [-0.3, -0.25) is 4.79 Å². The van der Waals surface area contributed by atoms with Crippen LogP contribution in [0, 0.1) is 0 Å². The SMILES string of the molecule is O=C(CCBr)NCc1ccccc1OC(F)(F)F.